The molecule has 1 fully saturated rings. The molecule has 2 rings (SSSR count). The second-order valence-corrected chi connectivity index (χ2v) is 4.01. The quantitative estimate of drug-likeness (QED) is 0.609. The molecular formula is C10H13NO3. The van der Waals surface area contributed by atoms with Crippen molar-refractivity contribution in [2.24, 2.45) is 0 Å². The minimum atomic E-state index is -0.346. The summed E-state index contributed by atoms with van der Waals surface area (Å²) in [5, 5.41) is 9.12. The molecule has 1 N–H and O–H groups in total. The molecule has 0 spiro atoms. The van der Waals surface area contributed by atoms with Crippen LogP contribution >= 0.6 is 0 Å². The van der Waals surface area contributed by atoms with Crippen LogP contribution in [-0.2, 0) is 9.59 Å². The Morgan fingerprint density at radius 2 is 1.57 bits per heavy atom. The molecule has 0 atom stereocenters. The predicted molar refractivity (Wildman–Crippen MR) is 49.3 cm³/mol. The summed E-state index contributed by atoms with van der Waals surface area (Å²) in [5.74, 6) is -0.381. The van der Waals surface area contributed by atoms with Crippen LogP contribution in [0.1, 0.15) is 26.7 Å². The molecule has 0 radical (unpaired) electrons. The first-order chi connectivity index (χ1) is 6.52. The van der Waals surface area contributed by atoms with Crippen molar-refractivity contribution in [3.05, 3.63) is 11.1 Å². The summed E-state index contributed by atoms with van der Waals surface area (Å²) in [7, 11) is 0. The first-order valence-corrected chi connectivity index (χ1v) is 4.75. The van der Waals surface area contributed by atoms with E-state index in [1.54, 1.807) is 13.8 Å². The van der Waals surface area contributed by atoms with Gasteiger partial charge in [0.15, 0.2) is 0 Å². The molecule has 0 bridgehead atoms. The van der Waals surface area contributed by atoms with Crippen LogP contribution in [0.3, 0.4) is 0 Å². The van der Waals surface area contributed by atoms with Gasteiger partial charge in [0.05, 0.1) is 6.10 Å². The third kappa shape index (κ3) is 1.10. The van der Waals surface area contributed by atoms with Gasteiger partial charge in [-0.15, -0.1) is 0 Å². The Balaban J connectivity index is 2.17. The average molecular weight is 195 g/mol. The maximum Gasteiger partial charge on any atom is 0.257 e. The molecule has 1 aliphatic heterocycles. The fourth-order valence-corrected chi connectivity index (χ4v) is 1.88. The largest absolute Gasteiger partial charge is 0.393 e. The van der Waals surface area contributed by atoms with Crippen LogP contribution in [0.25, 0.3) is 0 Å². The molecule has 0 saturated heterocycles. The maximum atomic E-state index is 11.6. The van der Waals surface area contributed by atoms with E-state index in [0.717, 1.165) is 0 Å². The molecule has 0 unspecified atom stereocenters. The Morgan fingerprint density at radius 3 is 1.93 bits per heavy atom. The van der Waals surface area contributed by atoms with E-state index in [1.807, 2.05) is 0 Å². The van der Waals surface area contributed by atoms with E-state index in [-0.39, 0.29) is 24.0 Å². The van der Waals surface area contributed by atoms with Crippen LogP contribution in [0.4, 0.5) is 0 Å². The van der Waals surface area contributed by atoms with E-state index in [0.29, 0.717) is 24.0 Å². The minimum Gasteiger partial charge on any atom is -0.393 e. The van der Waals surface area contributed by atoms with E-state index in [4.69, 9.17) is 5.11 Å². The highest BCUT2D eigenvalue weighted by atomic mass is 16.3. The number of imide groups is 1. The summed E-state index contributed by atoms with van der Waals surface area (Å²) in [5.41, 5.74) is 1.08. The second-order valence-electron chi connectivity index (χ2n) is 4.01. The van der Waals surface area contributed by atoms with Crippen LogP contribution in [0.2, 0.25) is 0 Å². The lowest BCUT2D eigenvalue weighted by atomic mass is 9.88. The second kappa shape index (κ2) is 2.92. The zero-order valence-electron chi connectivity index (χ0n) is 8.28. The van der Waals surface area contributed by atoms with Crippen molar-refractivity contribution in [2.75, 3.05) is 0 Å². The fraction of sp³-hybridized carbons (Fsp3) is 0.600. The highest BCUT2D eigenvalue weighted by molar-refractivity contribution is 6.19. The lowest BCUT2D eigenvalue weighted by molar-refractivity contribution is -0.144. The van der Waals surface area contributed by atoms with Crippen molar-refractivity contribution in [1.82, 2.24) is 4.90 Å². The van der Waals surface area contributed by atoms with Crippen LogP contribution in [0, 0.1) is 0 Å². The van der Waals surface area contributed by atoms with Gasteiger partial charge < -0.3 is 5.11 Å². The molecule has 76 valence electrons. The van der Waals surface area contributed by atoms with Gasteiger partial charge in [-0.3, -0.25) is 14.5 Å². The van der Waals surface area contributed by atoms with E-state index in [1.165, 1.54) is 4.90 Å². The van der Waals surface area contributed by atoms with Crippen molar-refractivity contribution < 1.29 is 14.7 Å². The topological polar surface area (TPSA) is 57.6 Å². The average Bonchev–Trinajstić information content (AvgIpc) is 2.27. The zero-order valence-corrected chi connectivity index (χ0v) is 8.28. The Kier molecular flexibility index (Phi) is 1.96. The fourth-order valence-electron chi connectivity index (χ4n) is 1.88. The molecule has 2 aliphatic rings. The molecule has 2 amide bonds. The molecule has 4 nitrogen and oxygen atoms in total. The highest BCUT2D eigenvalue weighted by Gasteiger charge is 2.43. The van der Waals surface area contributed by atoms with Crippen LogP contribution < -0.4 is 0 Å². The standard InChI is InChI=1S/C10H13NO3/c1-5-6(2)10(14)11(9(5)13)7-3-8(12)4-7/h7-8,12H,3-4H2,1-2H3. The normalized spacial score (nSPS) is 32.6. The number of rotatable bonds is 1. The smallest absolute Gasteiger partial charge is 0.257 e. The molecule has 0 aromatic rings. The van der Waals surface area contributed by atoms with Gasteiger partial charge in [0, 0.05) is 17.2 Å². The van der Waals surface area contributed by atoms with Gasteiger partial charge in [-0.05, 0) is 26.7 Å². The molecule has 4 heteroatoms. The molecular weight excluding hydrogens is 182 g/mol. The summed E-state index contributed by atoms with van der Waals surface area (Å²) in [6.45, 7) is 3.34. The summed E-state index contributed by atoms with van der Waals surface area (Å²) in [4.78, 5) is 24.6. The third-order valence-corrected chi connectivity index (χ3v) is 3.10. The molecule has 1 heterocycles. The van der Waals surface area contributed by atoms with Crippen molar-refractivity contribution in [3.63, 3.8) is 0 Å². The van der Waals surface area contributed by atoms with Gasteiger partial charge >= 0.3 is 0 Å². The Morgan fingerprint density at radius 1 is 1.14 bits per heavy atom. The van der Waals surface area contributed by atoms with Crippen molar-refractivity contribution in [2.45, 2.75) is 38.8 Å². The van der Waals surface area contributed by atoms with Gasteiger partial charge in [0.1, 0.15) is 0 Å². The Labute approximate surface area is 82.2 Å². The van der Waals surface area contributed by atoms with Gasteiger partial charge in [0.2, 0.25) is 0 Å². The number of hydrogen-bond acceptors (Lipinski definition) is 3. The molecule has 0 aromatic carbocycles. The predicted octanol–water partition coefficient (Wildman–Crippen LogP) is 0.215. The van der Waals surface area contributed by atoms with Crippen molar-refractivity contribution in [3.8, 4) is 0 Å². The lowest BCUT2D eigenvalue weighted by Gasteiger charge is -2.37. The number of aliphatic hydroxyl groups excluding tert-OH is 1. The number of carbonyl (C=O) groups is 2. The van der Waals surface area contributed by atoms with E-state index >= 15 is 0 Å². The van der Waals surface area contributed by atoms with Crippen LogP contribution in [0.5, 0.6) is 0 Å². The number of nitrogens with zero attached hydrogens (tertiary/aromatic N) is 1. The summed E-state index contributed by atoms with van der Waals surface area (Å²) in [6.07, 6.45) is 0.706. The van der Waals surface area contributed by atoms with Gasteiger partial charge in [-0.1, -0.05) is 0 Å². The number of hydrogen-bond donors (Lipinski definition) is 1. The number of carbonyl (C=O) groups excluding carboxylic acids is 2. The monoisotopic (exact) mass is 195 g/mol. The highest BCUT2D eigenvalue weighted by Crippen LogP contribution is 2.31. The number of amides is 2. The van der Waals surface area contributed by atoms with Gasteiger partial charge in [0.25, 0.3) is 11.8 Å². The lowest BCUT2D eigenvalue weighted by Crippen LogP contribution is -2.50. The van der Waals surface area contributed by atoms with Crippen LogP contribution in [-0.4, -0.2) is 34.0 Å². The van der Waals surface area contributed by atoms with Crippen molar-refractivity contribution >= 4 is 11.8 Å². The molecule has 14 heavy (non-hydrogen) atoms. The zero-order chi connectivity index (χ0) is 10.5. The Bertz CT molecular complexity index is 315. The van der Waals surface area contributed by atoms with Crippen LogP contribution in [0.15, 0.2) is 11.1 Å². The third-order valence-electron chi connectivity index (χ3n) is 3.10. The van der Waals surface area contributed by atoms with E-state index < -0.39 is 0 Å². The number of aliphatic hydroxyl groups is 1. The Hall–Kier alpha value is -1.16. The van der Waals surface area contributed by atoms with Crippen molar-refractivity contribution in [1.29, 1.82) is 0 Å². The maximum absolute atomic E-state index is 11.6. The SMILES string of the molecule is CC1=C(C)C(=O)N(C2CC(O)C2)C1=O. The first kappa shape index (κ1) is 9.40. The first-order valence-electron chi connectivity index (χ1n) is 4.75. The van der Waals surface area contributed by atoms with E-state index in [2.05, 4.69) is 0 Å². The summed E-state index contributed by atoms with van der Waals surface area (Å²) < 4.78 is 0. The molecule has 0 aromatic heterocycles. The minimum absolute atomic E-state index is 0.0857. The van der Waals surface area contributed by atoms with E-state index in [9.17, 15) is 9.59 Å². The molecule has 1 saturated carbocycles. The van der Waals surface area contributed by atoms with Gasteiger partial charge in [-0.25, -0.2) is 0 Å². The van der Waals surface area contributed by atoms with Gasteiger partial charge in [-0.2, -0.15) is 0 Å². The molecule has 1 aliphatic carbocycles. The summed E-state index contributed by atoms with van der Waals surface area (Å²) >= 11 is 0. The summed E-state index contributed by atoms with van der Waals surface area (Å²) in [6, 6.07) is -0.0857.